The summed E-state index contributed by atoms with van der Waals surface area (Å²) in [6, 6.07) is 11.6. The fourth-order valence-corrected chi connectivity index (χ4v) is 5.74. The highest BCUT2D eigenvalue weighted by atomic mass is 35.5. The lowest BCUT2D eigenvalue weighted by Gasteiger charge is -2.32. The molecule has 0 unspecified atom stereocenters. The lowest BCUT2D eigenvalue weighted by Crippen LogP contribution is -2.35. The molecule has 0 radical (unpaired) electrons. The van der Waals surface area contributed by atoms with Crippen LogP contribution in [-0.4, -0.2) is 47.0 Å². The van der Waals surface area contributed by atoms with Crippen LogP contribution in [0, 0.1) is 5.41 Å². The molecule has 3 N–H and O–H groups in total. The number of ether oxygens (including phenoxy) is 1. The van der Waals surface area contributed by atoms with Crippen LogP contribution in [0.2, 0.25) is 10.0 Å². The highest BCUT2D eigenvalue weighted by Crippen LogP contribution is 2.37. The van der Waals surface area contributed by atoms with E-state index in [9.17, 15) is 27.2 Å². The number of carbonyl (C=O) groups excluding carboxylic acids is 2. The first-order chi connectivity index (χ1) is 22.5. The van der Waals surface area contributed by atoms with E-state index in [4.69, 9.17) is 28.2 Å². The third-order valence-electron chi connectivity index (χ3n) is 7.88. The Hall–Kier alpha value is -4.23. The normalized spacial score (nSPS) is 14.2. The molecule has 0 aliphatic carbocycles. The zero-order chi connectivity index (χ0) is 35.0. The van der Waals surface area contributed by atoms with Gasteiger partial charge in [-0.3, -0.25) is 9.59 Å². The second-order valence-corrected chi connectivity index (χ2v) is 13.3. The largest absolute Gasteiger partial charge is 0.573 e. The molecule has 5 rings (SSSR count). The van der Waals surface area contributed by atoms with E-state index in [0.717, 1.165) is 12.1 Å². The van der Waals surface area contributed by atoms with Gasteiger partial charge in [0, 0.05) is 37.8 Å². The summed E-state index contributed by atoms with van der Waals surface area (Å²) in [6.45, 7) is 6.36. The molecule has 0 atom stereocenters. The first-order valence-electron chi connectivity index (χ1n) is 15.1. The quantitative estimate of drug-likeness (QED) is 0.159. The lowest BCUT2D eigenvalue weighted by atomic mass is 9.95. The Morgan fingerprint density at radius 2 is 1.69 bits per heavy atom. The topological polar surface area (TPSA) is 101 Å². The third-order valence-corrected chi connectivity index (χ3v) is 8.63. The number of nitrogens with zero attached hydrogens (tertiary/aromatic N) is 3. The Labute approximate surface area is 284 Å². The van der Waals surface area contributed by atoms with E-state index in [0.29, 0.717) is 69.9 Å². The molecule has 0 spiro atoms. The van der Waals surface area contributed by atoms with Crippen molar-refractivity contribution < 1.29 is 31.9 Å². The van der Waals surface area contributed by atoms with Gasteiger partial charge in [-0.1, -0.05) is 50.0 Å². The van der Waals surface area contributed by atoms with Crippen LogP contribution in [-0.2, 0) is 18.4 Å². The number of fused-ring (bicyclic) bond motifs is 1. The van der Waals surface area contributed by atoms with Crippen molar-refractivity contribution in [2.45, 2.75) is 52.7 Å². The Morgan fingerprint density at radius 1 is 1.02 bits per heavy atom. The van der Waals surface area contributed by atoms with Gasteiger partial charge in [0.15, 0.2) is 0 Å². The molecule has 4 aromatic rings. The predicted octanol–water partition coefficient (Wildman–Crippen LogP) is 8.38. The van der Waals surface area contributed by atoms with Crippen LogP contribution in [0.4, 0.5) is 40.6 Å². The maximum absolute atomic E-state index is 14.1. The van der Waals surface area contributed by atoms with Crippen molar-refractivity contribution in [2.75, 3.05) is 28.6 Å². The first kappa shape index (κ1) is 35.1. The molecule has 1 saturated heterocycles. The molecule has 9 nitrogen and oxygen atoms in total. The highest BCUT2D eigenvalue weighted by molar-refractivity contribution is 6.39. The minimum absolute atomic E-state index is 0.141. The van der Waals surface area contributed by atoms with Gasteiger partial charge in [-0.25, -0.2) is 9.37 Å². The molecule has 15 heteroatoms. The number of imidazole rings is 1. The van der Waals surface area contributed by atoms with Crippen LogP contribution < -0.4 is 25.6 Å². The molecular weight excluding hydrogens is 675 g/mol. The Kier molecular flexibility index (Phi) is 10.0. The summed E-state index contributed by atoms with van der Waals surface area (Å²) in [4.78, 5) is 32.7. The molecule has 256 valence electrons. The summed E-state index contributed by atoms with van der Waals surface area (Å²) in [6.07, 6.45) is -5.20. The summed E-state index contributed by atoms with van der Waals surface area (Å²) in [7, 11) is 1.77. The Bertz CT molecular complexity index is 1830. The second-order valence-electron chi connectivity index (χ2n) is 12.5. The van der Waals surface area contributed by atoms with E-state index in [1.54, 1.807) is 35.9 Å². The van der Waals surface area contributed by atoms with E-state index in [-0.39, 0.29) is 23.7 Å². The second kappa shape index (κ2) is 13.7. The van der Waals surface area contributed by atoms with Crippen LogP contribution in [0.15, 0.2) is 48.5 Å². The van der Waals surface area contributed by atoms with Gasteiger partial charge in [-0.2, -0.15) is 0 Å². The fraction of sp³-hybridized carbons (Fsp3) is 0.364. The van der Waals surface area contributed by atoms with E-state index in [2.05, 4.69) is 20.7 Å². The number of aromatic nitrogens is 2. The van der Waals surface area contributed by atoms with Crippen molar-refractivity contribution in [2.24, 2.45) is 12.5 Å². The van der Waals surface area contributed by atoms with Gasteiger partial charge in [-0.05, 0) is 60.9 Å². The van der Waals surface area contributed by atoms with Gasteiger partial charge < -0.3 is 30.2 Å². The van der Waals surface area contributed by atoms with Gasteiger partial charge in [0.1, 0.15) is 11.9 Å². The summed E-state index contributed by atoms with van der Waals surface area (Å²) < 4.78 is 57.5. The van der Waals surface area contributed by atoms with Gasteiger partial charge >= 0.3 is 6.36 Å². The van der Waals surface area contributed by atoms with E-state index >= 15 is 0 Å². The van der Waals surface area contributed by atoms with Crippen molar-refractivity contribution in [3.63, 3.8) is 0 Å². The predicted molar refractivity (Wildman–Crippen MR) is 179 cm³/mol. The molecule has 1 aliphatic heterocycles. The fourth-order valence-electron chi connectivity index (χ4n) is 5.21. The van der Waals surface area contributed by atoms with Crippen LogP contribution in [0.1, 0.15) is 49.5 Å². The average molecular weight is 710 g/mol. The Balaban J connectivity index is 1.47. The number of aryl methyl sites for hydroxylation is 1. The van der Waals surface area contributed by atoms with Gasteiger partial charge in [0.25, 0.3) is 5.91 Å². The van der Waals surface area contributed by atoms with Crippen molar-refractivity contribution in [3.8, 4) is 5.75 Å². The molecule has 1 fully saturated rings. The van der Waals surface area contributed by atoms with Crippen molar-refractivity contribution in [1.29, 1.82) is 0 Å². The SMILES string of the molecule is Cn1c(Nc2c(Cl)ccc(CNC(=O)C(C)(C)C)c2Cl)nc2cc(C(=O)Nc3ccc(OC(F)(F)F)cc3)c(N3CCC(F)CC3)cc21. The minimum Gasteiger partial charge on any atom is -0.406 e. The van der Waals surface area contributed by atoms with Crippen LogP contribution >= 0.6 is 23.2 Å². The number of anilines is 4. The number of hydrogen-bond donors (Lipinski definition) is 3. The molecular formula is C33H34Cl2F4N6O3. The first-order valence-corrected chi connectivity index (χ1v) is 15.8. The molecule has 2 heterocycles. The molecule has 2 amide bonds. The minimum atomic E-state index is -4.85. The summed E-state index contributed by atoms with van der Waals surface area (Å²) in [5, 5.41) is 9.40. The number of benzene rings is 3. The number of nitrogens with one attached hydrogen (secondary N) is 3. The van der Waals surface area contributed by atoms with Gasteiger partial charge in [0.05, 0.1) is 38.0 Å². The molecule has 3 aromatic carbocycles. The molecule has 48 heavy (non-hydrogen) atoms. The number of rotatable bonds is 8. The van der Waals surface area contributed by atoms with Crippen LogP contribution in [0.5, 0.6) is 5.75 Å². The van der Waals surface area contributed by atoms with E-state index in [1.807, 2.05) is 25.7 Å². The monoisotopic (exact) mass is 708 g/mol. The number of amides is 2. The summed E-state index contributed by atoms with van der Waals surface area (Å²) >= 11 is 13.3. The number of halogens is 6. The van der Waals surface area contributed by atoms with Crippen molar-refractivity contribution in [3.05, 3.63) is 69.7 Å². The standard InChI is InChI=1S/C33H34Cl2F4N6O3/c1-32(2,3)30(47)40-17-18-5-10-23(34)28(27(18)35)43-31-42-24-15-22(25(16-26(24)44(31)4)45-13-11-19(36)12-14-45)29(46)41-20-6-8-21(9-7-20)48-33(37,38)39/h5-10,15-16,19H,11-14,17H2,1-4H3,(H,40,47)(H,41,46)(H,42,43). The Morgan fingerprint density at radius 3 is 2.31 bits per heavy atom. The smallest absolute Gasteiger partial charge is 0.406 e. The van der Waals surface area contributed by atoms with Crippen LogP contribution in [0.25, 0.3) is 11.0 Å². The number of hydrogen-bond acceptors (Lipinski definition) is 6. The average Bonchev–Trinajstić information content (AvgIpc) is 3.32. The lowest BCUT2D eigenvalue weighted by molar-refractivity contribution is -0.274. The third kappa shape index (κ3) is 8.07. The molecule has 1 aliphatic rings. The van der Waals surface area contributed by atoms with E-state index in [1.165, 1.54) is 12.1 Å². The number of alkyl halides is 4. The zero-order valence-corrected chi connectivity index (χ0v) is 28.1. The maximum Gasteiger partial charge on any atom is 0.573 e. The van der Waals surface area contributed by atoms with Crippen molar-refractivity contribution >= 4 is 69.1 Å². The molecule has 0 bridgehead atoms. The van der Waals surface area contributed by atoms with Crippen LogP contribution in [0.3, 0.4) is 0 Å². The molecule has 1 aromatic heterocycles. The molecule has 0 saturated carbocycles. The van der Waals surface area contributed by atoms with Crippen molar-refractivity contribution in [1.82, 2.24) is 14.9 Å². The van der Waals surface area contributed by atoms with E-state index < -0.39 is 29.6 Å². The maximum atomic E-state index is 14.1. The van der Waals surface area contributed by atoms with Gasteiger partial charge in [-0.15, -0.1) is 13.2 Å². The number of piperidine rings is 1. The zero-order valence-electron chi connectivity index (χ0n) is 26.6. The van der Waals surface area contributed by atoms with Gasteiger partial charge in [0.2, 0.25) is 11.9 Å². The summed E-state index contributed by atoms with van der Waals surface area (Å²) in [5.41, 5.74) is 2.56. The number of carbonyl (C=O) groups is 2. The summed E-state index contributed by atoms with van der Waals surface area (Å²) in [5.74, 6) is -0.742. The highest BCUT2D eigenvalue weighted by Gasteiger charge is 2.31.